The van der Waals surface area contributed by atoms with Crippen molar-refractivity contribution in [3.8, 4) is 5.75 Å². The Hall–Kier alpha value is -2.15. The van der Waals surface area contributed by atoms with Gasteiger partial charge in [0.15, 0.2) is 0 Å². The van der Waals surface area contributed by atoms with Crippen LogP contribution in [0.3, 0.4) is 0 Å². The third-order valence-electron chi connectivity index (χ3n) is 1.81. The monoisotopic (exact) mass is 212 g/mol. The van der Waals surface area contributed by atoms with Crippen LogP contribution in [0, 0.1) is 10.1 Å². The van der Waals surface area contributed by atoms with Gasteiger partial charge in [0.1, 0.15) is 11.8 Å². The second-order valence-electron chi connectivity index (χ2n) is 2.82. The standard InChI is InChI=1S/C8H8N2O5/c9-7(8(12)13)5-3-4(11)1-2-6(5)10(14)15/h1-3,7,11H,9H2,(H,12,13)/t7-/m0/s1. The average molecular weight is 212 g/mol. The molecule has 0 saturated carbocycles. The van der Waals surface area contributed by atoms with E-state index in [2.05, 4.69) is 0 Å². The van der Waals surface area contributed by atoms with Gasteiger partial charge in [-0.1, -0.05) is 0 Å². The Morgan fingerprint density at radius 2 is 2.13 bits per heavy atom. The Morgan fingerprint density at radius 1 is 1.53 bits per heavy atom. The van der Waals surface area contributed by atoms with Gasteiger partial charge in [-0.25, -0.2) is 0 Å². The van der Waals surface area contributed by atoms with Gasteiger partial charge < -0.3 is 15.9 Å². The van der Waals surface area contributed by atoms with E-state index in [1.807, 2.05) is 0 Å². The molecule has 0 bridgehead atoms. The molecule has 0 radical (unpaired) electrons. The normalized spacial score (nSPS) is 12.1. The van der Waals surface area contributed by atoms with Crippen LogP contribution in [0.15, 0.2) is 18.2 Å². The molecule has 7 nitrogen and oxygen atoms in total. The summed E-state index contributed by atoms with van der Waals surface area (Å²) in [6.07, 6.45) is 0. The summed E-state index contributed by atoms with van der Waals surface area (Å²) in [5, 5.41) is 28.2. The molecule has 1 rings (SSSR count). The maximum Gasteiger partial charge on any atom is 0.325 e. The van der Waals surface area contributed by atoms with Crippen LogP contribution in [0.2, 0.25) is 0 Å². The highest BCUT2D eigenvalue weighted by Crippen LogP contribution is 2.27. The molecule has 0 spiro atoms. The predicted octanol–water partition coefficient (Wildman–Crippen LogP) is 0.385. The highest BCUT2D eigenvalue weighted by Gasteiger charge is 2.24. The van der Waals surface area contributed by atoms with Crippen molar-refractivity contribution in [1.29, 1.82) is 0 Å². The number of nitrogens with two attached hydrogens (primary N) is 1. The molecule has 0 aliphatic heterocycles. The van der Waals surface area contributed by atoms with Crippen LogP contribution in [-0.2, 0) is 4.79 Å². The zero-order valence-corrected chi connectivity index (χ0v) is 7.45. The fourth-order valence-corrected chi connectivity index (χ4v) is 1.09. The van der Waals surface area contributed by atoms with E-state index in [1.165, 1.54) is 0 Å². The maximum absolute atomic E-state index is 10.6. The topological polar surface area (TPSA) is 127 Å². The van der Waals surface area contributed by atoms with Crippen molar-refractivity contribution in [2.24, 2.45) is 5.73 Å². The number of nitro benzene ring substituents is 1. The lowest BCUT2D eigenvalue weighted by Crippen LogP contribution is -2.21. The number of phenols is 1. The van der Waals surface area contributed by atoms with Gasteiger partial charge in [0.2, 0.25) is 0 Å². The molecule has 0 heterocycles. The van der Waals surface area contributed by atoms with Gasteiger partial charge in [-0.2, -0.15) is 0 Å². The largest absolute Gasteiger partial charge is 0.508 e. The Morgan fingerprint density at radius 3 is 2.60 bits per heavy atom. The summed E-state index contributed by atoms with van der Waals surface area (Å²) in [6.45, 7) is 0. The van der Waals surface area contributed by atoms with E-state index in [0.717, 1.165) is 18.2 Å². The molecular formula is C8H8N2O5. The molecule has 1 aromatic carbocycles. The number of aromatic hydroxyl groups is 1. The number of aliphatic carboxylic acids is 1. The van der Waals surface area contributed by atoms with Crippen LogP contribution in [0.25, 0.3) is 0 Å². The number of nitrogens with zero attached hydrogens (tertiary/aromatic N) is 1. The maximum atomic E-state index is 10.6. The first-order valence-electron chi connectivity index (χ1n) is 3.89. The van der Waals surface area contributed by atoms with Crippen LogP contribution >= 0.6 is 0 Å². The second-order valence-corrected chi connectivity index (χ2v) is 2.82. The summed E-state index contributed by atoms with van der Waals surface area (Å²) in [6, 6.07) is 1.54. The Labute approximate surface area is 83.9 Å². The molecule has 15 heavy (non-hydrogen) atoms. The molecule has 7 heteroatoms. The number of hydrogen-bond donors (Lipinski definition) is 3. The molecule has 0 aliphatic rings. The highest BCUT2D eigenvalue weighted by atomic mass is 16.6. The van der Waals surface area contributed by atoms with Crippen LogP contribution in [-0.4, -0.2) is 21.1 Å². The third kappa shape index (κ3) is 2.20. The number of carbonyl (C=O) groups is 1. The first-order chi connectivity index (χ1) is 6.93. The Balaban J connectivity index is 3.30. The van der Waals surface area contributed by atoms with Gasteiger partial charge in [0.05, 0.1) is 10.5 Å². The van der Waals surface area contributed by atoms with E-state index in [0.29, 0.717) is 0 Å². The van der Waals surface area contributed by atoms with Crippen LogP contribution in [0.5, 0.6) is 5.75 Å². The molecule has 0 fully saturated rings. The van der Waals surface area contributed by atoms with Crippen molar-refractivity contribution in [2.45, 2.75) is 6.04 Å². The molecule has 4 N–H and O–H groups in total. The number of carboxylic acids is 1. The lowest BCUT2D eigenvalue weighted by Gasteiger charge is -2.07. The fraction of sp³-hybridized carbons (Fsp3) is 0.125. The molecule has 1 atom stereocenters. The summed E-state index contributed by atoms with van der Waals surface area (Å²) in [7, 11) is 0. The number of hydrogen-bond acceptors (Lipinski definition) is 5. The minimum Gasteiger partial charge on any atom is -0.508 e. The van der Waals surface area contributed by atoms with Crippen LogP contribution in [0.1, 0.15) is 11.6 Å². The van der Waals surface area contributed by atoms with Crippen LogP contribution in [0.4, 0.5) is 5.69 Å². The Bertz CT molecular complexity index is 417. The molecule has 0 aromatic heterocycles. The predicted molar refractivity (Wildman–Crippen MR) is 49.3 cm³/mol. The van der Waals surface area contributed by atoms with E-state index in [-0.39, 0.29) is 11.3 Å². The number of rotatable bonds is 3. The van der Waals surface area contributed by atoms with Crippen molar-refractivity contribution in [2.75, 3.05) is 0 Å². The SMILES string of the molecule is N[C@H](C(=O)O)c1cc(O)ccc1[N+](=O)[O-]. The molecule has 0 amide bonds. The third-order valence-corrected chi connectivity index (χ3v) is 1.81. The molecule has 1 aromatic rings. The van der Waals surface area contributed by atoms with E-state index < -0.39 is 22.6 Å². The molecule has 80 valence electrons. The van der Waals surface area contributed by atoms with Crippen molar-refractivity contribution in [3.63, 3.8) is 0 Å². The first-order valence-corrected chi connectivity index (χ1v) is 3.89. The number of carboxylic acid groups (broad SMARTS) is 1. The van der Waals surface area contributed by atoms with Crippen molar-refractivity contribution >= 4 is 11.7 Å². The summed E-state index contributed by atoms with van der Waals surface area (Å²) in [5.41, 5.74) is 4.57. The van der Waals surface area contributed by atoms with Gasteiger partial charge in [-0.15, -0.1) is 0 Å². The number of nitro groups is 1. The van der Waals surface area contributed by atoms with Crippen molar-refractivity contribution in [3.05, 3.63) is 33.9 Å². The van der Waals surface area contributed by atoms with Crippen molar-refractivity contribution < 1.29 is 19.9 Å². The van der Waals surface area contributed by atoms with Crippen molar-refractivity contribution in [1.82, 2.24) is 0 Å². The van der Waals surface area contributed by atoms with Gasteiger partial charge in [-0.05, 0) is 12.1 Å². The highest BCUT2D eigenvalue weighted by molar-refractivity contribution is 5.77. The summed E-state index contributed by atoms with van der Waals surface area (Å²) >= 11 is 0. The Kier molecular flexibility index (Phi) is 2.86. The van der Waals surface area contributed by atoms with E-state index in [4.69, 9.17) is 15.9 Å². The smallest absolute Gasteiger partial charge is 0.325 e. The summed E-state index contributed by atoms with van der Waals surface area (Å²) in [5.74, 6) is -1.67. The molecule has 0 saturated heterocycles. The molecule has 0 unspecified atom stereocenters. The fourth-order valence-electron chi connectivity index (χ4n) is 1.09. The minimum atomic E-state index is -1.53. The summed E-state index contributed by atoms with van der Waals surface area (Å²) in [4.78, 5) is 20.3. The lowest BCUT2D eigenvalue weighted by molar-refractivity contribution is -0.385. The second kappa shape index (κ2) is 3.93. The summed E-state index contributed by atoms with van der Waals surface area (Å²) < 4.78 is 0. The van der Waals surface area contributed by atoms with E-state index in [9.17, 15) is 14.9 Å². The van der Waals surface area contributed by atoms with Gasteiger partial charge >= 0.3 is 5.97 Å². The van der Waals surface area contributed by atoms with Gasteiger partial charge in [-0.3, -0.25) is 14.9 Å². The zero-order valence-electron chi connectivity index (χ0n) is 7.45. The number of benzene rings is 1. The minimum absolute atomic E-state index is 0.229. The van der Waals surface area contributed by atoms with Crippen LogP contribution < -0.4 is 5.73 Å². The lowest BCUT2D eigenvalue weighted by atomic mass is 10.1. The first kappa shape index (κ1) is 10.9. The number of phenolic OH excluding ortho intramolecular Hbond substituents is 1. The zero-order chi connectivity index (χ0) is 11.6. The molecule has 0 aliphatic carbocycles. The molecular weight excluding hydrogens is 204 g/mol. The van der Waals surface area contributed by atoms with Gasteiger partial charge in [0, 0.05) is 6.07 Å². The quantitative estimate of drug-likeness (QED) is 0.491. The van der Waals surface area contributed by atoms with Gasteiger partial charge in [0.25, 0.3) is 5.69 Å². The average Bonchev–Trinajstić information content (AvgIpc) is 2.15. The van der Waals surface area contributed by atoms with E-state index in [1.54, 1.807) is 0 Å². The van der Waals surface area contributed by atoms with E-state index >= 15 is 0 Å².